The maximum absolute atomic E-state index is 2.59. The summed E-state index contributed by atoms with van der Waals surface area (Å²) < 4.78 is 2.59. The Labute approximate surface area is 142 Å². The smallest absolute Gasteiger partial charge is 0.202 e. The molecule has 1 fully saturated rings. The van der Waals surface area contributed by atoms with Crippen LogP contribution in [0, 0.1) is 57.3 Å². The van der Waals surface area contributed by atoms with Gasteiger partial charge in [0.1, 0.15) is 7.05 Å². The van der Waals surface area contributed by atoms with E-state index in [4.69, 9.17) is 0 Å². The summed E-state index contributed by atoms with van der Waals surface area (Å²) in [6.07, 6.45) is 1.24. The van der Waals surface area contributed by atoms with Gasteiger partial charge in [-0.05, 0) is 68.6 Å². The molecule has 1 aliphatic heterocycles. The molecule has 1 aromatic rings. The van der Waals surface area contributed by atoms with Gasteiger partial charge >= 0.3 is 0 Å². The van der Waals surface area contributed by atoms with Gasteiger partial charge < -0.3 is 0 Å². The molecule has 0 aromatic heterocycles. The highest BCUT2D eigenvalue weighted by Gasteiger charge is 2.48. The van der Waals surface area contributed by atoms with E-state index in [1.54, 1.807) is 11.3 Å². The molecule has 23 heavy (non-hydrogen) atoms. The summed E-state index contributed by atoms with van der Waals surface area (Å²) in [6, 6.07) is 0. The predicted molar refractivity (Wildman–Crippen MR) is 100 cm³/mol. The van der Waals surface area contributed by atoms with E-state index in [9.17, 15) is 0 Å². The van der Waals surface area contributed by atoms with Crippen LogP contribution in [0.2, 0.25) is 0 Å². The second kappa shape index (κ2) is 5.46. The Morgan fingerprint density at radius 3 is 1.91 bits per heavy atom. The largest absolute Gasteiger partial charge is 0.211 e. The summed E-state index contributed by atoms with van der Waals surface area (Å²) in [7, 11) is 2.33. The minimum atomic E-state index is 0.686. The fourth-order valence-corrected chi connectivity index (χ4v) is 5.44. The molecule has 2 aliphatic rings. The molecule has 1 saturated carbocycles. The van der Waals surface area contributed by atoms with E-state index in [-0.39, 0.29) is 0 Å². The molecule has 0 N–H and O–H groups in total. The Morgan fingerprint density at radius 2 is 1.30 bits per heavy atom. The van der Waals surface area contributed by atoms with Crippen LogP contribution in [0.15, 0.2) is 0 Å². The molecule has 5 atom stereocenters. The molecule has 5 unspecified atom stereocenters. The highest BCUT2D eigenvalue weighted by atomic mass is 15.0. The van der Waals surface area contributed by atoms with E-state index in [0.29, 0.717) is 11.8 Å². The van der Waals surface area contributed by atoms with Gasteiger partial charge in [0.2, 0.25) is 5.69 Å². The third-order valence-electron chi connectivity index (χ3n) is 7.86. The SMILES string of the molecule is Cc1c(C)c(C)c2c(c1C)CC1C(=[N+]2C)C(C)C(C)C(C)C1C. The normalized spacial score (nSPS) is 33.5. The van der Waals surface area contributed by atoms with Gasteiger partial charge in [-0.3, -0.25) is 0 Å². The lowest BCUT2D eigenvalue weighted by molar-refractivity contribution is -0.417. The van der Waals surface area contributed by atoms with Gasteiger partial charge in [-0.2, -0.15) is 0 Å². The third kappa shape index (κ3) is 2.15. The monoisotopic (exact) mass is 312 g/mol. The van der Waals surface area contributed by atoms with Crippen molar-refractivity contribution < 1.29 is 4.58 Å². The summed E-state index contributed by atoms with van der Waals surface area (Å²) in [5.74, 6) is 3.75. The number of benzene rings is 1. The van der Waals surface area contributed by atoms with Crippen LogP contribution in [0.25, 0.3) is 0 Å². The zero-order chi connectivity index (χ0) is 17.2. The van der Waals surface area contributed by atoms with Crippen LogP contribution in [0.1, 0.15) is 55.5 Å². The van der Waals surface area contributed by atoms with Crippen molar-refractivity contribution in [1.82, 2.24) is 0 Å². The van der Waals surface area contributed by atoms with Gasteiger partial charge in [0, 0.05) is 23.0 Å². The number of fused-ring (bicyclic) bond motifs is 2. The topological polar surface area (TPSA) is 3.01 Å². The summed E-state index contributed by atoms with van der Waals surface area (Å²) in [4.78, 5) is 0. The minimum absolute atomic E-state index is 0.686. The molecule has 1 heteroatoms. The molecule has 0 bridgehead atoms. The zero-order valence-corrected chi connectivity index (χ0v) is 16.5. The van der Waals surface area contributed by atoms with Crippen molar-refractivity contribution in [3.05, 3.63) is 27.8 Å². The Hall–Kier alpha value is -1.11. The molecule has 0 spiro atoms. The second-order valence-corrected chi connectivity index (χ2v) is 8.49. The van der Waals surface area contributed by atoms with E-state index in [1.165, 1.54) is 34.4 Å². The average molecular weight is 313 g/mol. The predicted octanol–water partition coefficient (Wildman–Crippen LogP) is 5.37. The molecule has 1 heterocycles. The lowest BCUT2D eigenvalue weighted by atomic mass is 9.60. The van der Waals surface area contributed by atoms with Gasteiger partial charge in [-0.1, -0.05) is 27.7 Å². The van der Waals surface area contributed by atoms with E-state index < -0.39 is 0 Å². The molecule has 1 nitrogen and oxygen atoms in total. The lowest BCUT2D eigenvalue weighted by Crippen LogP contribution is -2.48. The summed E-state index contributed by atoms with van der Waals surface area (Å²) >= 11 is 0. The van der Waals surface area contributed by atoms with Gasteiger partial charge in [0.25, 0.3) is 0 Å². The van der Waals surface area contributed by atoms with E-state index >= 15 is 0 Å². The first-order valence-electron chi connectivity index (χ1n) is 9.38. The summed E-state index contributed by atoms with van der Waals surface area (Å²) in [5, 5.41) is 0. The van der Waals surface area contributed by atoms with Crippen molar-refractivity contribution in [2.75, 3.05) is 7.05 Å². The van der Waals surface area contributed by atoms with Gasteiger partial charge in [0.15, 0.2) is 5.71 Å². The van der Waals surface area contributed by atoms with E-state index in [1.807, 2.05) is 0 Å². The molecule has 1 aliphatic carbocycles. The van der Waals surface area contributed by atoms with Crippen molar-refractivity contribution in [1.29, 1.82) is 0 Å². The molecule has 0 amide bonds. The quantitative estimate of drug-likeness (QED) is 0.567. The van der Waals surface area contributed by atoms with Gasteiger partial charge in [-0.15, -0.1) is 0 Å². The van der Waals surface area contributed by atoms with Crippen molar-refractivity contribution in [3.63, 3.8) is 0 Å². The van der Waals surface area contributed by atoms with Crippen LogP contribution in [0.4, 0.5) is 5.69 Å². The number of hydrogen-bond acceptors (Lipinski definition) is 0. The maximum atomic E-state index is 2.59. The van der Waals surface area contributed by atoms with Crippen LogP contribution in [0.3, 0.4) is 0 Å². The Morgan fingerprint density at radius 1 is 0.739 bits per heavy atom. The number of nitrogens with zero attached hydrogens (tertiary/aromatic N) is 1. The molecule has 1 aromatic carbocycles. The van der Waals surface area contributed by atoms with Crippen molar-refractivity contribution in [3.8, 4) is 0 Å². The summed E-state index contributed by atoms with van der Waals surface area (Å²) in [5.41, 5.74) is 10.8. The molecule has 0 radical (unpaired) electrons. The van der Waals surface area contributed by atoms with Crippen molar-refractivity contribution in [2.45, 2.75) is 61.8 Å². The molecular formula is C22H34N+. The Balaban J connectivity index is 2.29. The van der Waals surface area contributed by atoms with Crippen LogP contribution in [-0.2, 0) is 6.42 Å². The first-order valence-corrected chi connectivity index (χ1v) is 9.38. The fraction of sp³-hybridized carbons (Fsp3) is 0.682. The van der Waals surface area contributed by atoms with Crippen molar-refractivity contribution in [2.24, 2.45) is 29.6 Å². The van der Waals surface area contributed by atoms with Crippen LogP contribution < -0.4 is 0 Å². The minimum Gasteiger partial charge on any atom is -0.202 e. The number of rotatable bonds is 0. The van der Waals surface area contributed by atoms with Crippen molar-refractivity contribution >= 4 is 11.4 Å². The fourth-order valence-electron chi connectivity index (χ4n) is 5.44. The molecule has 126 valence electrons. The van der Waals surface area contributed by atoms with Crippen LogP contribution in [-0.4, -0.2) is 17.3 Å². The first-order chi connectivity index (χ1) is 10.7. The lowest BCUT2D eigenvalue weighted by Gasteiger charge is -2.44. The molecule has 0 saturated heterocycles. The Kier molecular flexibility index (Phi) is 3.98. The van der Waals surface area contributed by atoms with Crippen LogP contribution >= 0.6 is 0 Å². The molecule has 3 rings (SSSR count). The highest BCUT2D eigenvalue weighted by Crippen LogP contribution is 2.47. The van der Waals surface area contributed by atoms with Gasteiger partial charge in [-0.25, -0.2) is 4.58 Å². The van der Waals surface area contributed by atoms with Gasteiger partial charge in [0.05, 0.1) is 0 Å². The first kappa shape index (κ1) is 16.7. The van der Waals surface area contributed by atoms with Crippen LogP contribution in [0.5, 0.6) is 0 Å². The second-order valence-electron chi connectivity index (χ2n) is 8.49. The Bertz CT molecular complexity index is 695. The third-order valence-corrected chi connectivity index (χ3v) is 7.86. The number of hydrogen-bond donors (Lipinski definition) is 0. The summed E-state index contributed by atoms with van der Waals surface area (Å²) in [6.45, 7) is 19.1. The highest BCUT2D eigenvalue weighted by molar-refractivity contribution is 5.89. The maximum Gasteiger partial charge on any atom is 0.211 e. The standard InChI is InChI=1S/C22H34N/c1-11-13(3)17(7)21-19(15(11)5)10-20-16(6)12(2)14(4)18(8)22(20)23(21)9/h11,13,15,17,19H,10H2,1-9H3/q+1. The zero-order valence-electron chi connectivity index (χ0n) is 16.5. The van der Waals surface area contributed by atoms with E-state index in [2.05, 4.69) is 67.0 Å². The average Bonchev–Trinajstić information content (AvgIpc) is 2.53. The molecular weight excluding hydrogens is 278 g/mol. The van der Waals surface area contributed by atoms with E-state index in [0.717, 1.165) is 17.8 Å².